The number of nitrogens with one attached hydrogen (secondary N) is 2. The van der Waals surface area contributed by atoms with E-state index in [0.717, 1.165) is 12.1 Å². The molecule has 25 heavy (non-hydrogen) atoms. The number of fused-ring (bicyclic) bond motifs is 1. The molecule has 3 rings (SSSR count). The fourth-order valence-corrected chi connectivity index (χ4v) is 2.60. The van der Waals surface area contributed by atoms with Crippen LogP contribution in [0.1, 0.15) is 13.3 Å². The van der Waals surface area contributed by atoms with Crippen LogP contribution in [0.15, 0.2) is 30.6 Å². The molecule has 9 nitrogen and oxygen atoms in total. The van der Waals surface area contributed by atoms with Crippen LogP contribution in [-0.4, -0.2) is 46.6 Å². The maximum absolute atomic E-state index is 12.0. The van der Waals surface area contributed by atoms with Crippen molar-refractivity contribution < 1.29 is 14.3 Å². The zero-order valence-corrected chi connectivity index (χ0v) is 13.9. The third-order valence-corrected chi connectivity index (χ3v) is 3.80. The van der Waals surface area contributed by atoms with Gasteiger partial charge < -0.3 is 20.3 Å². The highest BCUT2D eigenvalue weighted by Crippen LogP contribution is 2.34. The molecule has 0 radical (unpaired) electrons. The molecule has 1 aromatic carbocycles. The largest absolute Gasteiger partial charge is 0.481 e. The second kappa shape index (κ2) is 7.65. The molecular weight excluding hydrogens is 324 g/mol. The summed E-state index contributed by atoms with van der Waals surface area (Å²) in [7, 11) is 0. The summed E-state index contributed by atoms with van der Waals surface area (Å²) in [6.45, 7) is 3.71. The summed E-state index contributed by atoms with van der Waals surface area (Å²) in [5, 5.41) is 13.1. The number of aryl methyl sites for hydroxylation is 1. The van der Waals surface area contributed by atoms with Gasteiger partial charge in [0.2, 0.25) is 0 Å². The number of likely N-dealkylation sites (N-methyl/N-ethyl adjacent to an activating group) is 1. The van der Waals surface area contributed by atoms with E-state index in [4.69, 9.17) is 4.74 Å². The van der Waals surface area contributed by atoms with Crippen molar-refractivity contribution in [2.45, 2.75) is 19.9 Å². The Morgan fingerprint density at radius 3 is 3.04 bits per heavy atom. The number of benzene rings is 1. The van der Waals surface area contributed by atoms with Gasteiger partial charge in [-0.05, 0) is 25.5 Å². The number of nitrogens with zero attached hydrogens (tertiary/aromatic N) is 4. The van der Waals surface area contributed by atoms with Gasteiger partial charge in [0.1, 0.15) is 5.75 Å². The zero-order valence-electron chi connectivity index (χ0n) is 13.9. The lowest BCUT2D eigenvalue weighted by molar-refractivity contribution is -0.121. The first-order chi connectivity index (χ1) is 12.2. The number of carbonyl (C=O) groups excluding carboxylic acids is 2. The highest BCUT2D eigenvalue weighted by Gasteiger charge is 2.24. The molecule has 0 unspecified atom stereocenters. The first-order valence-corrected chi connectivity index (χ1v) is 8.13. The quantitative estimate of drug-likeness (QED) is 0.768. The molecule has 0 atom stereocenters. The van der Waals surface area contributed by atoms with Crippen LogP contribution in [0, 0.1) is 0 Å². The average molecular weight is 344 g/mol. The van der Waals surface area contributed by atoms with Crippen molar-refractivity contribution in [2.24, 2.45) is 0 Å². The Balaban J connectivity index is 1.51. The normalized spacial score (nSPS) is 13.2. The van der Waals surface area contributed by atoms with E-state index < -0.39 is 0 Å². The Morgan fingerprint density at radius 1 is 1.40 bits per heavy atom. The number of aromatic nitrogens is 3. The van der Waals surface area contributed by atoms with E-state index in [1.54, 1.807) is 40.2 Å². The summed E-state index contributed by atoms with van der Waals surface area (Å²) in [5.74, 6) is 0.520. The van der Waals surface area contributed by atoms with Gasteiger partial charge in [0.25, 0.3) is 5.91 Å². The maximum Gasteiger partial charge on any atom is 0.319 e. The molecule has 9 heteroatoms. The van der Waals surface area contributed by atoms with Crippen molar-refractivity contribution in [1.29, 1.82) is 0 Å². The van der Waals surface area contributed by atoms with Gasteiger partial charge in [-0.2, -0.15) is 0 Å². The topological polar surface area (TPSA) is 101 Å². The first kappa shape index (κ1) is 16.7. The number of urea groups is 1. The first-order valence-electron chi connectivity index (χ1n) is 8.13. The molecule has 0 bridgehead atoms. The predicted molar refractivity (Wildman–Crippen MR) is 91.6 cm³/mol. The van der Waals surface area contributed by atoms with Crippen molar-refractivity contribution in [3.05, 3.63) is 30.6 Å². The molecule has 132 valence electrons. The molecule has 2 aromatic rings. The van der Waals surface area contributed by atoms with Gasteiger partial charge in [0, 0.05) is 37.6 Å². The van der Waals surface area contributed by atoms with E-state index >= 15 is 0 Å². The van der Waals surface area contributed by atoms with E-state index in [1.165, 1.54) is 0 Å². The molecule has 3 amide bonds. The number of anilines is 2. The lowest BCUT2D eigenvalue weighted by atomic mass is 10.2. The average Bonchev–Trinajstić information content (AvgIpc) is 3.12. The van der Waals surface area contributed by atoms with Gasteiger partial charge in [-0.25, -0.2) is 4.79 Å². The van der Waals surface area contributed by atoms with Crippen molar-refractivity contribution in [3.63, 3.8) is 0 Å². The summed E-state index contributed by atoms with van der Waals surface area (Å²) in [5.41, 5.74) is 1.33. The van der Waals surface area contributed by atoms with Crippen LogP contribution in [0.5, 0.6) is 5.75 Å². The van der Waals surface area contributed by atoms with E-state index in [-0.39, 0.29) is 18.5 Å². The minimum Gasteiger partial charge on any atom is -0.481 e. The number of ether oxygens (including phenoxy) is 1. The van der Waals surface area contributed by atoms with Gasteiger partial charge in [0.05, 0.1) is 11.9 Å². The molecule has 1 aromatic heterocycles. The Hall–Kier alpha value is -3.10. The van der Waals surface area contributed by atoms with Crippen LogP contribution >= 0.6 is 0 Å². The number of hydrogen-bond donors (Lipinski definition) is 2. The van der Waals surface area contributed by atoms with E-state index in [0.29, 0.717) is 31.1 Å². The van der Waals surface area contributed by atoms with Crippen LogP contribution in [0.3, 0.4) is 0 Å². The molecule has 2 N–H and O–H groups in total. The number of rotatable bonds is 6. The monoisotopic (exact) mass is 344 g/mol. The third kappa shape index (κ3) is 4.06. The van der Waals surface area contributed by atoms with Crippen molar-refractivity contribution in [3.8, 4) is 5.75 Å². The lowest BCUT2D eigenvalue weighted by Crippen LogP contribution is -2.38. The molecular formula is C16H20N6O3. The van der Waals surface area contributed by atoms with E-state index in [1.807, 2.05) is 6.92 Å². The number of carbonyl (C=O) groups is 2. The van der Waals surface area contributed by atoms with Crippen LogP contribution in [-0.2, 0) is 11.3 Å². The van der Waals surface area contributed by atoms with Crippen molar-refractivity contribution in [2.75, 3.05) is 29.9 Å². The SMILES string of the molecule is CCN1C(=O)COc2cc(NC(=O)NCCCn3ccnn3)ccc21. The third-order valence-electron chi connectivity index (χ3n) is 3.80. The molecule has 1 aliphatic heterocycles. The summed E-state index contributed by atoms with van der Waals surface area (Å²) in [4.78, 5) is 25.4. The van der Waals surface area contributed by atoms with Gasteiger partial charge in [-0.1, -0.05) is 5.21 Å². The Kier molecular flexibility index (Phi) is 5.12. The second-order valence-electron chi connectivity index (χ2n) is 5.51. The Labute approximate surface area is 144 Å². The van der Waals surface area contributed by atoms with Gasteiger partial charge in [-0.3, -0.25) is 9.48 Å². The maximum atomic E-state index is 12.0. The van der Waals surface area contributed by atoms with Crippen LogP contribution in [0.2, 0.25) is 0 Å². The molecule has 0 saturated carbocycles. The summed E-state index contributed by atoms with van der Waals surface area (Å²) in [6, 6.07) is 4.95. The smallest absolute Gasteiger partial charge is 0.319 e. The highest BCUT2D eigenvalue weighted by atomic mass is 16.5. The van der Waals surface area contributed by atoms with Crippen molar-refractivity contribution >= 4 is 23.3 Å². The fourth-order valence-electron chi connectivity index (χ4n) is 2.60. The van der Waals surface area contributed by atoms with Gasteiger partial charge >= 0.3 is 6.03 Å². The minimum atomic E-state index is -0.294. The molecule has 2 heterocycles. The van der Waals surface area contributed by atoms with Crippen LogP contribution in [0.4, 0.5) is 16.2 Å². The van der Waals surface area contributed by atoms with Crippen LogP contribution < -0.4 is 20.3 Å². The minimum absolute atomic E-state index is 0.0127. The number of hydrogen-bond acceptors (Lipinski definition) is 5. The lowest BCUT2D eigenvalue weighted by Gasteiger charge is -2.28. The fraction of sp³-hybridized carbons (Fsp3) is 0.375. The summed E-state index contributed by atoms with van der Waals surface area (Å²) < 4.78 is 7.16. The summed E-state index contributed by atoms with van der Waals surface area (Å²) in [6.07, 6.45) is 4.14. The zero-order chi connectivity index (χ0) is 17.6. The highest BCUT2D eigenvalue weighted by molar-refractivity contribution is 5.98. The second-order valence-corrected chi connectivity index (χ2v) is 5.51. The standard InChI is InChI=1S/C16H20N6O3/c1-2-22-13-5-4-12(10-14(13)25-11-15(22)23)19-16(24)17-6-3-8-21-9-7-18-20-21/h4-5,7,9-10H,2-3,6,8,11H2,1H3,(H2,17,19,24). The molecule has 0 fully saturated rings. The molecule has 0 aliphatic carbocycles. The van der Waals surface area contributed by atoms with Crippen LogP contribution in [0.25, 0.3) is 0 Å². The summed E-state index contributed by atoms with van der Waals surface area (Å²) >= 11 is 0. The van der Waals surface area contributed by atoms with E-state index in [9.17, 15) is 9.59 Å². The van der Waals surface area contributed by atoms with Gasteiger partial charge in [0.15, 0.2) is 6.61 Å². The number of amides is 3. The van der Waals surface area contributed by atoms with Gasteiger partial charge in [-0.15, -0.1) is 5.10 Å². The Bertz CT molecular complexity index is 746. The molecule has 0 spiro atoms. The Morgan fingerprint density at radius 2 is 2.28 bits per heavy atom. The molecule has 1 aliphatic rings. The molecule has 0 saturated heterocycles. The van der Waals surface area contributed by atoms with Crippen molar-refractivity contribution in [1.82, 2.24) is 20.3 Å². The van der Waals surface area contributed by atoms with E-state index in [2.05, 4.69) is 20.9 Å². The predicted octanol–water partition coefficient (Wildman–Crippen LogP) is 1.24.